The van der Waals surface area contributed by atoms with Gasteiger partial charge < -0.3 is 15.4 Å². The highest BCUT2D eigenvalue weighted by molar-refractivity contribution is 4.78. The maximum Gasteiger partial charge on any atom is 0.0593 e. The van der Waals surface area contributed by atoms with Crippen LogP contribution in [0.3, 0.4) is 0 Å². The fraction of sp³-hybridized carbons (Fsp3) is 1.00. The van der Waals surface area contributed by atoms with E-state index in [1.807, 2.05) is 0 Å². The molecule has 0 aromatic carbocycles. The lowest BCUT2D eigenvalue weighted by Gasteiger charge is -2.36. The smallest absolute Gasteiger partial charge is 0.0593 e. The number of likely N-dealkylation sites (tertiary alicyclic amines) is 1. The fourth-order valence-electron chi connectivity index (χ4n) is 2.45. The molecule has 1 rings (SSSR count). The average molecular weight is 242 g/mol. The number of ether oxygens (including phenoxy) is 1. The van der Waals surface area contributed by atoms with Crippen LogP contribution >= 0.6 is 0 Å². The second kappa shape index (κ2) is 8.06. The average Bonchev–Trinajstić information content (AvgIpc) is 2.28. The Morgan fingerprint density at radius 1 is 1.35 bits per heavy atom. The van der Waals surface area contributed by atoms with Gasteiger partial charge in [-0.05, 0) is 43.7 Å². The van der Waals surface area contributed by atoms with Crippen LogP contribution in [-0.4, -0.2) is 44.3 Å². The first kappa shape index (κ1) is 14.9. The summed E-state index contributed by atoms with van der Waals surface area (Å²) >= 11 is 0. The van der Waals surface area contributed by atoms with Crippen LogP contribution in [0.4, 0.5) is 0 Å². The summed E-state index contributed by atoms with van der Waals surface area (Å²) in [7, 11) is 0. The van der Waals surface area contributed by atoms with Crippen molar-refractivity contribution in [3.05, 3.63) is 0 Å². The first-order valence-corrected chi connectivity index (χ1v) is 7.13. The molecule has 0 aromatic rings. The van der Waals surface area contributed by atoms with E-state index in [2.05, 4.69) is 25.7 Å². The van der Waals surface area contributed by atoms with Gasteiger partial charge in [0, 0.05) is 19.7 Å². The molecule has 17 heavy (non-hydrogen) atoms. The third-order valence-corrected chi connectivity index (χ3v) is 3.86. The highest BCUT2D eigenvalue weighted by atomic mass is 16.5. The molecule has 3 nitrogen and oxygen atoms in total. The van der Waals surface area contributed by atoms with Crippen LogP contribution < -0.4 is 5.73 Å². The lowest BCUT2D eigenvalue weighted by molar-refractivity contribution is 0.0682. The van der Waals surface area contributed by atoms with Gasteiger partial charge >= 0.3 is 0 Å². The molecule has 1 saturated heterocycles. The number of piperidine rings is 1. The highest BCUT2D eigenvalue weighted by Gasteiger charge is 2.24. The Labute approximate surface area is 107 Å². The van der Waals surface area contributed by atoms with Crippen molar-refractivity contribution in [3.63, 3.8) is 0 Å². The molecule has 1 fully saturated rings. The molecule has 102 valence electrons. The van der Waals surface area contributed by atoms with Gasteiger partial charge in [0.05, 0.1) is 6.61 Å². The molecule has 0 aliphatic carbocycles. The molecule has 0 spiro atoms. The van der Waals surface area contributed by atoms with Gasteiger partial charge in [-0.2, -0.15) is 0 Å². The summed E-state index contributed by atoms with van der Waals surface area (Å²) in [6.45, 7) is 12.9. The molecule has 1 aliphatic rings. The maximum absolute atomic E-state index is 5.76. The van der Waals surface area contributed by atoms with Crippen molar-refractivity contribution >= 4 is 0 Å². The van der Waals surface area contributed by atoms with E-state index in [-0.39, 0.29) is 0 Å². The predicted octanol–water partition coefficient (Wildman–Crippen LogP) is 1.97. The number of rotatable bonds is 7. The Hall–Kier alpha value is -0.120. The van der Waals surface area contributed by atoms with Gasteiger partial charge in [0.2, 0.25) is 0 Å². The van der Waals surface area contributed by atoms with Crippen molar-refractivity contribution < 1.29 is 4.74 Å². The summed E-state index contributed by atoms with van der Waals surface area (Å²) in [5, 5.41) is 0. The molecule has 1 aliphatic heterocycles. The monoisotopic (exact) mass is 242 g/mol. The second-order valence-corrected chi connectivity index (χ2v) is 5.86. The third-order valence-electron chi connectivity index (χ3n) is 3.86. The first-order valence-electron chi connectivity index (χ1n) is 7.13. The van der Waals surface area contributed by atoms with Gasteiger partial charge in [-0.1, -0.05) is 20.8 Å². The van der Waals surface area contributed by atoms with E-state index in [1.165, 1.54) is 25.9 Å². The number of nitrogens with zero attached hydrogens (tertiary/aromatic N) is 1. The van der Waals surface area contributed by atoms with Crippen molar-refractivity contribution in [1.82, 2.24) is 4.90 Å². The van der Waals surface area contributed by atoms with Crippen LogP contribution in [0.15, 0.2) is 0 Å². The SMILES string of the molecule is CC(C)CCOCCN1CCC(CN)C(C)C1. The van der Waals surface area contributed by atoms with E-state index >= 15 is 0 Å². The molecule has 2 N–H and O–H groups in total. The first-order chi connectivity index (χ1) is 8.13. The lowest BCUT2D eigenvalue weighted by atomic mass is 9.87. The third kappa shape index (κ3) is 5.84. The molecule has 0 radical (unpaired) electrons. The summed E-state index contributed by atoms with van der Waals surface area (Å²) in [5.41, 5.74) is 5.76. The van der Waals surface area contributed by atoms with Crippen molar-refractivity contribution in [1.29, 1.82) is 0 Å². The molecule has 0 saturated carbocycles. The van der Waals surface area contributed by atoms with Crippen LogP contribution in [0.1, 0.15) is 33.6 Å². The van der Waals surface area contributed by atoms with Gasteiger partial charge in [0.1, 0.15) is 0 Å². The van der Waals surface area contributed by atoms with Gasteiger partial charge in [-0.3, -0.25) is 0 Å². The van der Waals surface area contributed by atoms with Crippen molar-refractivity contribution in [2.45, 2.75) is 33.6 Å². The second-order valence-electron chi connectivity index (χ2n) is 5.86. The quantitative estimate of drug-likeness (QED) is 0.694. The van der Waals surface area contributed by atoms with E-state index in [4.69, 9.17) is 10.5 Å². The van der Waals surface area contributed by atoms with Crippen molar-refractivity contribution in [2.24, 2.45) is 23.5 Å². The molecule has 2 atom stereocenters. The van der Waals surface area contributed by atoms with E-state index in [1.54, 1.807) is 0 Å². The summed E-state index contributed by atoms with van der Waals surface area (Å²) in [4.78, 5) is 2.52. The minimum Gasteiger partial charge on any atom is -0.380 e. The summed E-state index contributed by atoms with van der Waals surface area (Å²) in [6, 6.07) is 0. The topological polar surface area (TPSA) is 38.5 Å². The maximum atomic E-state index is 5.76. The van der Waals surface area contributed by atoms with Crippen LogP contribution in [0.2, 0.25) is 0 Å². The number of hydrogen-bond donors (Lipinski definition) is 1. The normalized spacial score (nSPS) is 26.6. The molecule has 3 heteroatoms. The number of hydrogen-bond acceptors (Lipinski definition) is 3. The van der Waals surface area contributed by atoms with Crippen LogP contribution in [0.25, 0.3) is 0 Å². The summed E-state index contributed by atoms with van der Waals surface area (Å²) in [6.07, 6.45) is 2.43. The molecular formula is C14H30N2O. The Balaban J connectivity index is 2.05. The fourth-order valence-corrected chi connectivity index (χ4v) is 2.45. The number of nitrogens with two attached hydrogens (primary N) is 1. The predicted molar refractivity (Wildman–Crippen MR) is 73.0 cm³/mol. The van der Waals surface area contributed by atoms with E-state index in [0.29, 0.717) is 0 Å². The standard InChI is InChI=1S/C14H30N2O/c1-12(2)5-8-17-9-7-16-6-4-14(10-15)13(3)11-16/h12-14H,4-11,15H2,1-3H3. The zero-order valence-corrected chi connectivity index (χ0v) is 11.8. The van der Waals surface area contributed by atoms with E-state index < -0.39 is 0 Å². The van der Waals surface area contributed by atoms with Crippen LogP contribution in [0.5, 0.6) is 0 Å². The van der Waals surface area contributed by atoms with Crippen molar-refractivity contribution in [3.8, 4) is 0 Å². The Morgan fingerprint density at radius 3 is 2.71 bits per heavy atom. The zero-order valence-electron chi connectivity index (χ0n) is 11.8. The molecule has 0 bridgehead atoms. The molecule has 0 aromatic heterocycles. The Kier molecular flexibility index (Phi) is 7.09. The van der Waals surface area contributed by atoms with Gasteiger partial charge in [0.15, 0.2) is 0 Å². The minimum absolute atomic E-state index is 0.730. The molecular weight excluding hydrogens is 212 g/mol. The molecule has 1 heterocycles. The zero-order chi connectivity index (χ0) is 12.7. The molecule has 2 unspecified atom stereocenters. The lowest BCUT2D eigenvalue weighted by Crippen LogP contribution is -2.43. The van der Waals surface area contributed by atoms with Gasteiger partial charge in [-0.25, -0.2) is 0 Å². The van der Waals surface area contributed by atoms with Crippen LogP contribution in [0, 0.1) is 17.8 Å². The van der Waals surface area contributed by atoms with Gasteiger partial charge in [0.25, 0.3) is 0 Å². The summed E-state index contributed by atoms with van der Waals surface area (Å²) in [5.74, 6) is 2.22. The highest BCUT2D eigenvalue weighted by Crippen LogP contribution is 2.21. The van der Waals surface area contributed by atoms with Gasteiger partial charge in [-0.15, -0.1) is 0 Å². The molecule has 0 amide bonds. The van der Waals surface area contributed by atoms with E-state index in [0.717, 1.165) is 44.1 Å². The minimum atomic E-state index is 0.730. The summed E-state index contributed by atoms with van der Waals surface area (Å²) < 4.78 is 5.67. The Bertz CT molecular complexity index is 197. The van der Waals surface area contributed by atoms with Crippen LogP contribution in [-0.2, 0) is 4.74 Å². The largest absolute Gasteiger partial charge is 0.380 e. The van der Waals surface area contributed by atoms with E-state index in [9.17, 15) is 0 Å². The Morgan fingerprint density at radius 2 is 2.12 bits per heavy atom. The van der Waals surface area contributed by atoms with Crippen molar-refractivity contribution in [2.75, 3.05) is 39.4 Å².